The Labute approximate surface area is 313 Å². The molecular formula is C36H38F4N4O2S. The van der Waals surface area contributed by atoms with Crippen molar-refractivity contribution in [1.29, 1.82) is 0 Å². The van der Waals surface area contributed by atoms with Crippen LogP contribution in [0, 0.1) is 5.82 Å². The highest BCUT2D eigenvalue weighted by Gasteiger charge is 2.30. The Morgan fingerprint density at radius 1 is 0.979 bits per heavy atom. The summed E-state index contributed by atoms with van der Waals surface area (Å²) in [5.74, 6) is -3.53. The van der Waals surface area contributed by atoms with Gasteiger partial charge in [-0.25, -0.2) is 4.39 Å². The summed E-state index contributed by atoms with van der Waals surface area (Å²) < 4.78 is 280. The van der Waals surface area contributed by atoms with E-state index < -0.39 is 190 Å². The monoisotopic (exact) mass is 692 g/mol. The van der Waals surface area contributed by atoms with Gasteiger partial charge >= 0.3 is 6.18 Å². The number of likely N-dealkylation sites (N-methyl/N-ethyl adjacent to an activating group) is 1. The zero-order valence-electron chi connectivity index (χ0n) is 50.0. The van der Waals surface area contributed by atoms with Crippen LogP contribution in [0.2, 0.25) is 0 Å². The topological polar surface area (TPSA) is 58.4 Å². The number of nitrogens with zero attached hydrogens (tertiary/aromatic N) is 4. The summed E-state index contributed by atoms with van der Waals surface area (Å²) in [4.78, 5) is 31.5. The van der Waals surface area contributed by atoms with Gasteiger partial charge in [-0.1, -0.05) is 74.0 Å². The van der Waals surface area contributed by atoms with E-state index in [-0.39, 0.29) is 16.3 Å². The molecule has 0 aliphatic heterocycles. The molecule has 0 bridgehead atoms. The van der Waals surface area contributed by atoms with Gasteiger partial charge in [-0.2, -0.15) is 18.2 Å². The lowest BCUT2D eigenvalue weighted by molar-refractivity contribution is -0.137. The van der Waals surface area contributed by atoms with Crippen molar-refractivity contribution in [3.63, 3.8) is 0 Å². The van der Waals surface area contributed by atoms with Gasteiger partial charge in [0.05, 0.1) is 22.0 Å². The first-order valence-corrected chi connectivity index (χ1v) is 13.9. The molecule has 1 aromatic heterocycles. The van der Waals surface area contributed by atoms with Gasteiger partial charge < -0.3 is 14.4 Å². The maximum absolute atomic E-state index is 15.3. The molecule has 6 nitrogen and oxygen atoms in total. The van der Waals surface area contributed by atoms with E-state index in [1.807, 2.05) is 0 Å². The molecule has 0 atom stereocenters. The molecular weight excluding hydrogens is 628 g/mol. The van der Waals surface area contributed by atoms with Crippen molar-refractivity contribution in [2.75, 3.05) is 26.0 Å². The van der Waals surface area contributed by atoms with E-state index >= 15 is 4.79 Å². The molecule has 5 rings (SSSR count). The van der Waals surface area contributed by atoms with E-state index in [1.165, 1.54) is 0 Å². The lowest BCUT2D eigenvalue weighted by Crippen LogP contribution is -2.40. The van der Waals surface area contributed by atoms with E-state index in [2.05, 4.69) is 4.98 Å². The average molecular weight is 693 g/mol. The normalized spacial score (nSPS) is 25.9. The summed E-state index contributed by atoms with van der Waals surface area (Å²) in [6.07, 6.45) is -17.2. The maximum atomic E-state index is 15.3. The molecule has 0 radical (unpaired) electrons. The number of benzene rings is 3. The molecule has 1 heterocycles. The summed E-state index contributed by atoms with van der Waals surface area (Å²) in [6.45, 7) is -21.0. The molecule has 11 heteroatoms. The van der Waals surface area contributed by atoms with Crippen LogP contribution < -0.4 is 5.56 Å². The maximum Gasteiger partial charge on any atom is 0.416 e. The fourth-order valence-electron chi connectivity index (χ4n) is 3.61. The van der Waals surface area contributed by atoms with Crippen LogP contribution in [0.5, 0.6) is 0 Å². The Bertz CT molecular complexity index is 2900. The van der Waals surface area contributed by atoms with Crippen molar-refractivity contribution < 1.29 is 58.0 Å². The predicted molar refractivity (Wildman–Crippen MR) is 177 cm³/mol. The van der Waals surface area contributed by atoms with E-state index in [0.29, 0.717) is 13.8 Å². The molecule has 4 aromatic rings. The number of hydrogen-bond donors (Lipinski definition) is 0. The standard InChI is InChI=1S/C36H38F4N4O2S/c1-3-42(4-2)20-21-43(22-25-8-12-27(13-9-25)28-14-16-29(17-15-28)36(38,39)40)33(45)23-44-32-7-5-6-31(32)34(46)41-35(44)47-24-26-10-18-30(37)19-11-26/h8-19H,3-7,20-24H2,1-2H3/i3D2,4D2,5D2,6D2,7D2,8D,9D,12D,13D,14D,15D,16D,17D,20D2,21D2,23D2,24D2. The Morgan fingerprint density at radius 3 is 2.23 bits per heavy atom. The molecule has 0 unspecified atom stereocenters. The smallest absolute Gasteiger partial charge is 0.336 e. The predicted octanol–water partition coefficient (Wildman–Crippen LogP) is 7.22. The van der Waals surface area contributed by atoms with Crippen molar-refractivity contribution in [3.05, 3.63) is 117 Å². The fraction of sp³-hybridized carbons (Fsp3) is 0.361. The Morgan fingerprint density at radius 2 is 1.62 bits per heavy atom. The summed E-state index contributed by atoms with van der Waals surface area (Å²) in [5.41, 5.74) is -14.6. The van der Waals surface area contributed by atoms with Gasteiger partial charge in [-0.3, -0.25) is 9.59 Å². The van der Waals surface area contributed by atoms with Gasteiger partial charge in [0.1, 0.15) is 12.3 Å². The first-order chi connectivity index (χ1) is 32.5. The summed E-state index contributed by atoms with van der Waals surface area (Å²) in [5, 5.41) is -1.46. The molecule has 0 saturated carbocycles. The molecule has 1 aliphatic rings. The van der Waals surface area contributed by atoms with Crippen molar-refractivity contribution in [3.8, 4) is 11.1 Å². The van der Waals surface area contributed by atoms with Crippen LogP contribution in [0.25, 0.3) is 11.1 Å². The minimum Gasteiger partial charge on any atom is -0.336 e. The van der Waals surface area contributed by atoms with Crippen LogP contribution >= 0.6 is 11.8 Å². The number of carbonyl (C=O) groups excluding carboxylic acids is 1. The largest absolute Gasteiger partial charge is 0.416 e. The summed E-state index contributed by atoms with van der Waals surface area (Å²) in [6, 6.07) is -9.26. The van der Waals surface area contributed by atoms with Crippen LogP contribution in [0.15, 0.2) is 82.6 Å². The van der Waals surface area contributed by atoms with Gasteiger partial charge in [0.15, 0.2) is 5.16 Å². The molecule has 3 aromatic carbocycles. The van der Waals surface area contributed by atoms with Gasteiger partial charge in [-0.05, 0) is 78.6 Å². The minimum absolute atomic E-state index is 0.352. The molecule has 0 spiro atoms. The molecule has 0 N–H and O–H groups in total. The van der Waals surface area contributed by atoms with Gasteiger partial charge in [0.25, 0.3) is 5.56 Å². The molecule has 248 valence electrons. The zero-order chi connectivity index (χ0) is 56.7. The number of amides is 1. The van der Waals surface area contributed by atoms with Crippen molar-refractivity contribution >= 4 is 17.7 Å². The number of thioether (sulfide) groups is 1. The van der Waals surface area contributed by atoms with E-state index in [4.69, 9.17) is 30.2 Å². The highest BCUT2D eigenvalue weighted by atomic mass is 32.2. The number of hydrogen-bond acceptors (Lipinski definition) is 5. The lowest BCUT2D eigenvalue weighted by Gasteiger charge is -2.28. The number of halogens is 4. The number of carbonyl (C=O) groups is 1. The van der Waals surface area contributed by atoms with E-state index in [1.54, 1.807) is 0 Å². The van der Waals surface area contributed by atoms with Crippen LogP contribution in [-0.2, 0) is 42.5 Å². The summed E-state index contributed by atoms with van der Waals surface area (Å²) in [7, 11) is 0. The highest BCUT2D eigenvalue weighted by molar-refractivity contribution is 7.98. The summed E-state index contributed by atoms with van der Waals surface area (Å²) >= 11 is -0.352. The van der Waals surface area contributed by atoms with Crippen LogP contribution in [0.1, 0.15) is 83.8 Å². The Balaban J connectivity index is 1.93. The third-order valence-electron chi connectivity index (χ3n) is 5.88. The Kier molecular flexibility index (Phi) is 4.64. The highest BCUT2D eigenvalue weighted by Crippen LogP contribution is 2.31. The van der Waals surface area contributed by atoms with Crippen LogP contribution in [0.4, 0.5) is 17.6 Å². The van der Waals surface area contributed by atoms with Gasteiger partial charge in [0, 0.05) is 55.7 Å². The first kappa shape index (κ1) is 14.3. The van der Waals surface area contributed by atoms with Crippen molar-refractivity contribution in [1.82, 2.24) is 19.4 Å². The van der Waals surface area contributed by atoms with Crippen molar-refractivity contribution in [2.45, 2.75) is 63.0 Å². The third-order valence-corrected chi connectivity index (χ3v) is 6.68. The number of alkyl halides is 3. The van der Waals surface area contributed by atoms with Gasteiger partial charge in [0.2, 0.25) is 5.91 Å². The van der Waals surface area contributed by atoms with Crippen LogP contribution in [-0.4, -0.2) is 51.2 Å². The lowest BCUT2D eigenvalue weighted by atomic mass is 10.0. The second kappa shape index (κ2) is 15.3. The second-order valence-corrected chi connectivity index (χ2v) is 9.73. The second-order valence-electron chi connectivity index (χ2n) is 8.96. The zero-order valence-corrected chi connectivity index (χ0v) is 24.9. The van der Waals surface area contributed by atoms with E-state index in [9.17, 15) is 27.8 Å². The average Bonchev–Trinajstić information content (AvgIpc) is 3.31. The molecule has 0 saturated heterocycles. The number of rotatable bonds is 13. The fourth-order valence-corrected chi connectivity index (χ4v) is 4.31. The number of aromatic nitrogens is 2. The SMILES string of the molecule is [2H]c1c([2H])c(-c2c([2H])c([2H])c(C(F)(F)F)c([2H])c2[2H])c([2H])c([2H])c1CN(C(=O)C([2H])([2H])n1c(SC([2H])([2H])c2ccc(F)cc2)nc(=O)c2c1C([2H])([2H])C([2H])([2H])C2([2H])[2H])C([2H])([2H])C([2H])([2H])N(C([2H])([2H])C)C([2H])([2H])C. The molecule has 1 aliphatic carbocycles. The number of fused-ring (bicyclic) bond motifs is 1. The van der Waals surface area contributed by atoms with Gasteiger partial charge in [-0.15, -0.1) is 0 Å². The molecule has 0 fully saturated rings. The van der Waals surface area contributed by atoms with E-state index in [0.717, 1.165) is 24.3 Å². The Hall–Kier alpha value is -3.96. The first-order valence-electron chi connectivity index (χ1n) is 26.0. The third kappa shape index (κ3) is 8.70. The molecule has 1 amide bonds. The van der Waals surface area contributed by atoms with Crippen molar-refractivity contribution in [2.24, 2.45) is 0 Å². The minimum atomic E-state index is -5.50. The molecule has 47 heavy (non-hydrogen) atoms. The quantitative estimate of drug-likeness (QED) is 0.0842. The van der Waals surface area contributed by atoms with Crippen LogP contribution in [0.3, 0.4) is 0 Å².